The molecule has 0 radical (unpaired) electrons. The second-order valence-corrected chi connectivity index (χ2v) is 6.35. The molecular formula is C16H21BrN2O2. The predicted octanol–water partition coefficient (Wildman–Crippen LogP) is 3.49. The fourth-order valence-corrected chi connectivity index (χ4v) is 3.10. The first-order chi connectivity index (χ1) is 9.97. The van der Waals surface area contributed by atoms with Crippen molar-refractivity contribution in [2.75, 3.05) is 5.32 Å². The lowest BCUT2D eigenvalue weighted by Gasteiger charge is -2.24. The Labute approximate surface area is 134 Å². The number of amides is 2. The van der Waals surface area contributed by atoms with Crippen LogP contribution in [0.25, 0.3) is 0 Å². The lowest BCUT2D eigenvalue weighted by atomic mass is 10.1. The van der Waals surface area contributed by atoms with Gasteiger partial charge < -0.3 is 5.32 Å². The van der Waals surface area contributed by atoms with Gasteiger partial charge in [-0.05, 0) is 37.5 Å². The van der Waals surface area contributed by atoms with Gasteiger partial charge >= 0.3 is 0 Å². The number of carbonyl (C=O) groups is 2. The zero-order valence-electron chi connectivity index (χ0n) is 12.6. The molecule has 1 aliphatic rings. The summed E-state index contributed by atoms with van der Waals surface area (Å²) >= 11 is 3.43. The van der Waals surface area contributed by atoms with Crippen molar-refractivity contribution < 1.29 is 9.59 Å². The third-order valence-electron chi connectivity index (χ3n) is 4.02. The molecule has 1 aliphatic heterocycles. The van der Waals surface area contributed by atoms with E-state index in [1.165, 1.54) is 4.90 Å². The zero-order valence-corrected chi connectivity index (χ0v) is 14.2. The average Bonchev–Trinajstić information content (AvgIpc) is 2.72. The minimum absolute atomic E-state index is 0.0143. The number of nitrogens with zero attached hydrogens (tertiary/aromatic N) is 1. The Balaban J connectivity index is 2.17. The second kappa shape index (κ2) is 6.60. The maximum atomic E-state index is 12.5. The fourth-order valence-electron chi connectivity index (χ4n) is 2.74. The van der Waals surface area contributed by atoms with Gasteiger partial charge in [0.05, 0.1) is 6.42 Å². The molecule has 0 saturated carbocycles. The minimum atomic E-state index is -0.453. The summed E-state index contributed by atoms with van der Waals surface area (Å²) in [4.78, 5) is 26.1. The number of nitrogens with one attached hydrogen (secondary N) is 1. The summed E-state index contributed by atoms with van der Waals surface area (Å²) in [6.07, 6.45) is 1.84. The van der Waals surface area contributed by atoms with E-state index in [9.17, 15) is 9.59 Å². The average molecular weight is 353 g/mol. The first-order valence-electron chi connectivity index (χ1n) is 7.36. The van der Waals surface area contributed by atoms with Crippen LogP contribution in [0.3, 0.4) is 0 Å². The molecule has 0 spiro atoms. The van der Waals surface area contributed by atoms with Gasteiger partial charge in [-0.15, -0.1) is 0 Å². The quantitative estimate of drug-likeness (QED) is 0.825. The van der Waals surface area contributed by atoms with Crippen molar-refractivity contribution in [1.82, 2.24) is 4.90 Å². The van der Waals surface area contributed by atoms with Crippen LogP contribution in [0.15, 0.2) is 22.7 Å². The molecule has 1 unspecified atom stereocenters. The first kappa shape index (κ1) is 16.0. The highest BCUT2D eigenvalue weighted by Crippen LogP contribution is 2.26. The molecule has 1 aromatic rings. The fraction of sp³-hybridized carbons (Fsp3) is 0.500. The Bertz CT molecular complexity index is 555. The van der Waals surface area contributed by atoms with Crippen LogP contribution in [0.4, 0.5) is 5.69 Å². The van der Waals surface area contributed by atoms with Gasteiger partial charge in [-0.25, -0.2) is 0 Å². The number of hydrogen-bond acceptors (Lipinski definition) is 3. The smallest absolute Gasteiger partial charge is 0.252 e. The number of aryl methyl sites for hydroxylation is 1. The summed E-state index contributed by atoms with van der Waals surface area (Å²) in [5.41, 5.74) is 1.95. The van der Waals surface area contributed by atoms with Gasteiger partial charge in [0.1, 0.15) is 6.04 Å². The minimum Gasteiger partial charge on any atom is -0.373 e. The molecule has 1 heterocycles. The molecule has 1 N–H and O–H groups in total. The van der Waals surface area contributed by atoms with Crippen LogP contribution >= 0.6 is 15.9 Å². The first-order valence-corrected chi connectivity index (χ1v) is 8.15. The van der Waals surface area contributed by atoms with E-state index in [-0.39, 0.29) is 24.3 Å². The van der Waals surface area contributed by atoms with Crippen LogP contribution in [0.5, 0.6) is 0 Å². The normalized spacial score (nSPS) is 18.7. The van der Waals surface area contributed by atoms with Crippen molar-refractivity contribution in [3.8, 4) is 0 Å². The van der Waals surface area contributed by atoms with Crippen LogP contribution in [0.1, 0.15) is 38.7 Å². The van der Waals surface area contributed by atoms with Crippen molar-refractivity contribution in [3.63, 3.8) is 0 Å². The number of likely N-dealkylation sites (tertiary alicyclic amines) is 1. The van der Waals surface area contributed by atoms with Gasteiger partial charge in [0, 0.05) is 16.2 Å². The molecule has 21 heavy (non-hydrogen) atoms. The number of halogens is 1. The molecule has 1 aromatic carbocycles. The van der Waals surface area contributed by atoms with E-state index >= 15 is 0 Å². The molecule has 5 heteroatoms. The van der Waals surface area contributed by atoms with E-state index in [4.69, 9.17) is 0 Å². The van der Waals surface area contributed by atoms with Crippen molar-refractivity contribution >= 4 is 33.4 Å². The van der Waals surface area contributed by atoms with E-state index in [0.29, 0.717) is 0 Å². The van der Waals surface area contributed by atoms with E-state index in [2.05, 4.69) is 21.2 Å². The van der Waals surface area contributed by atoms with Gasteiger partial charge in [0.25, 0.3) is 5.91 Å². The summed E-state index contributed by atoms with van der Waals surface area (Å²) in [6.45, 7) is 6.00. The van der Waals surface area contributed by atoms with E-state index in [1.54, 1.807) is 0 Å². The Hall–Kier alpha value is -1.36. The summed E-state index contributed by atoms with van der Waals surface area (Å²) < 4.78 is 0.948. The van der Waals surface area contributed by atoms with Gasteiger partial charge in [-0.3, -0.25) is 14.5 Å². The third-order valence-corrected chi connectivity index (χ3v) is 4.51. The van der Waals surface area contributed by atoms with E-state index in [1.807, 2.05) is 39.0 Å². The van der Waals surface area contributed by atoms with Crippen molar-refractivity contribution in [2.45, 2.75) is 52.1 Å². The molecular weight excluding hydrogens is 332 g/mol. The number of hydrogen-bond donors (Lipinski definition) is 1. The molecule has 0 bridgehead atoms. The third kappa shape index (κ3) is 3.28. The Morgan fingerprint density at radius 3 is 2.62 bits per heavy atom. The van der Waals surface area contributed by atoms with Crippen LogP contribution < -0.4 is 5.32 Å². The highest BCUT2D eigenvalue weighted by atomic mass is 79.9. The van der Waals surface area contributed by atoms with Crippen LogP contribution in [0, 0.1) is 6.92 Å². The molecule has 2 amide bonds. The lowest BCUT2D eigenvalue weighted by molar-refractivity contribution is -0.141. The van der Waals surface area contributed by atoms with Crippen LogP contribution in [0.2, 0.25) is 0 Å². The van der Waals surface area contributed by atoms with Gasteiger partial charge in [0.2, 0.25) is 5.91 Å². The van der Waals surface area contributed by atoms with Gasteiger partial charge in [0.15, 0.2) is 0 Å². The van der Waals surface area contributed by atoms with Crippen LogP contribution in [-0.4, -0.2) is 28.8 Å². The molecule has 4 nitrogen and oxygen atoms in total. The number of carbonyl (C=O) groups excluding carboxylic acids is 2. The second-order valence-electron chi connectivity index (χ2n) is 5.43. The van der Waals surface area contributed by atoms with Crippen molar-refractivity contribution in [1.29, 1.82) is 0 Å². The van der Waals surface area contributed by atoms with E-state index < -0.39 is 6.04 Å². The molecule has 114 valence electrons. The molecule has 1 atom stereocenters. The Morgan fingerprint density at radius 1 is 1.33 bits per heavy atom. The molecule has 1 saturated heterocycles. The van der Waals surface area contributed by atoms with Gasteiger partial charge in [-0.2, -0.15) is 0 Å². The van der Waals surface area contributed by atoms with Crippen molar-refractivity contribution in [3.05, 3.63) is 28.2 Å². The highest BCUT2D eigenvalue weighted by molar-refractivity contribution is 9.10. The topological polar surface area (TPSA) is 49.4 Å². The molecule has 2 rings (SSSR count). The Kier molecular flexibility index (Phi) is 5.04. The van der Waals surface area contributed by atoms with Gasteiger partial charge in [-0.1, -0.05) is 35.8 Å². The summed E-state index contributed by atoms with van der Waals surface area (Å²) in [6, 6.07) is 5.43. The monoisotopic (exact) mass is 352 g/mol. The van der Waals surface area contributed by atoms with Crippen LogP contribution in [-0.2, 0) is 9.59 Å². The van der Waals surface area contributed by atoms with Crippen molar-refractivity contribution in [2.24, 2.45) is 0 Å². The largest absolute Gasteiger partial charge is 0.373 e. The Morgan fingerprint density at radius 2 is 2.00 bits per heavy atom. The number of imide groups is 1. The number of rotatable bonds is 5. The highest BCUT2D eigenvalue weighted by Gasteiger charge is 2.41. The lowest BCUT2D eigenvalue weighted by Crippen LogP contribution is -2.41. The standard InChI is InChI=1S/C16H21BrN2O2/c1-4-12(5-2)19-15(20)9-14(16(19)21)18-13-8-11(17)7-6-10(13)3/h6-8,12,14,18H,4-5,9H2,1-3H3. The molecule has 0 aromatic heterocycles. The number of anilines is 1. The zero-order chi connectivity index (χ0) is 15.6. The number of benzene rings is 1. The summed E-state index contributed by atoms with van der Waals surface area (Å²) in [5, 5.41) is 3.22. The molecule has 0 aliphatic carbocycles. The maximum absolute atomic E-state index is 12.5. The predicted molar refractivity (Wildman–Crippen MR) is 87.1 cm³/mol. The summed E-state index contributed by atoms with van der Waals surface area (Å²) in [7, 11) is 0. The maximum Gasteiger partial charge on any atom is 0.252 e. The summed E-state index contributed by atoms with van der Waals surface area (Å²) in [5.74, 6) is -0.174. The molecule has 1 fully saturated rings. The SMILES string of the molecule is CCC(CC)N1C(=O)CC(Nc2cc(Br)ccc2C)C1=O. The van der Waals surface area contributed by atoms with E-state index in [0.717, 1.165) is 28.6 Å².